The summed E-state index contributed by atoms with van der Waals surface area (Å²) in [7, 11) is -3.51. The lowest BCUT2D eigenvalue weighted by molar-refractivity contribution is 0.470. The van der Waals surface area contributed by atoms with Crippen molar-refractivity contribution in [3.63, 3.8) is 0 Å². The van der Waals surface area contributed by atoms with Crippen molar-refractivity contribution >= 4 is 20.9 Å². The van der Waals surface area contributed by atoms with Crippen molar-refractivity contribution in [3.8, 4) is 12.1 Å². The Bertz CT molecular complexity index is 1140. The highest BCUT2D eigenvalue weighted by molar-refractivity contribution is 7.89. The number of fused-ring (bicyclic) bond motifs is 1. The lowest BCUT2D eigenvalue weighted by Gasteiger charge is -2.19. The highest BCUT2D eigenvalue weighted by Gasteiger charge is 2.31. The molecule has 0 aliphatic carbocycles. The third kappa shape index (κ3) is 3.86. The van der Waals surface area contributed by atoms with Gasteiger partial charge in [0.2, 0.25) is 10.0 Å². The van der Waals surface area contributed by atoms with Gasteiger partial charge in [-0.25, -0.2) is 12.4 Å². The summed E-state index contributed by atoms with van der Waals surface area (Å²) in [4.78, 5) is 0. The third-order valence-corrected chi connectivity index (χ3v) is 5.75. The van der Waals surface area contributed by atoms with E-state index in [2.05, 4.69) is 12.1 Å². The molecule has 0 N–H and O–H groups in total. The van der Waals surface area contributed by atoms with Crippen molar-refractivity contribution in [2.24, 2.45) is 5.41 Å². The van der Waals surface area contributed by atoms with Gasteiger partial charge >= 0.3 is 0 Å². The molecule has 0 spiro atoms. The van der Waals surface area contributed by atoms with Crippen LogP contribution in [0.1, 0.15) is 17.7 Å². The minimum atomic E-state index is -3.51. The largest absolute Gasteiger partial charge is 0.242 e. The summed E-state index contributed by atoms with van der Waals surface area (Å²) >= 11 is 0. The van der Waals surface area contributed by atoms with Crippen LogP contribution in [0.4, 0.5) is 0 Å². The molecule has 0 atom stereocenters. The molecule has 6 heteroatoms. The molecular weight excluding hydrogens is 358 g/mol. The van der Waals surface area contributed by atoms with E-state index >= 15 is 0 Å². The number of aromatic nitrogens is 1. The van der Waals surface area contributed by atoms with Crippen LogP contribution in [0, 0.1) is 28.1 Å². The monoisotopic (exact) mass is 377 g/mol. The van der Waals surface area contributed by atoms with E-state index in [-0.39, 0.29) is 6.42 Å². The van der Waals surface area contributed by atoms with E-state index < -0.39 is 15.4 Å². The molecule has 1 aromatic heterocycles. The van der Waals surface area contributed by atoms with E-state index in [1.54, 1.807) is 12.1 Å². The van der Waals surface area contributed by atoms with E-state index in [4.69, 9.17) is 0 Å². The van der Waals surface area contributed by atoms with Crippen molar-refractivity contribution in [1.82, 2.24) is 3.97 Å². The van der Waals surface area contributed by atoms with Crippen LogP contribution >= 0.6 is 0 Å². The van der Waals surface area contributed by atoms with Crippen LogP contribution in [-0.4, -0.2) is 18.6 Å². The smallest absolute Gasteiger partial charge is 0.236 e. The summed E-state index contributed by atoms with van der Waals surface area (Å²) in [5, 5.41) is 20.2. The Morgan fingerprint density at radius 1 is 1.00 bits per heavy atom. The summed E-state index contributed by atoms with van der Waals surface area (Å²) in [6.45, 7) is 0. The Morgan fingerprint density at radius 2 is 1.63 bits per heavy atom. The lowest BCUT2D eigenvalue weighted by atomic mass is 9.80. The van der Waals surface area contributed by atoms with Gasteiger partial charge in [0.05, 0.1) is 23.9 Å². The third-order valence-electron chi connectivity index (χ3n) is 4.65. The van der Waals surface area contributed by atoms with Gasteiger partial charge in [-0.15, -0.1) is 0 Å². The minimum absolute atomic E-state index is 0.251. The fraction of sp³-hybridized carbons (Fsp3) is 0.238. The minimum Gasteiger partial charge on any atom is -0.242 e. The lowest BCUT2D eigenvalue weighted by Crippen LogP contribution is -2.22. The second-order valence-electron chi connectivity index (χ2n) is 6.69. The van der Waals surface area contributed by atoms with Crippen molar-refractivity contribution in [3.05, 3.63) is 71.9 Å². The number of benzene rings is 2. The maximum Gasteiger partial charge on any atom is 0.236 e. The van der Waals surface area contributed by atoms with Crippen molar-refractivity contribution in [1.29, 1.82) is 10.5 Å². The molecule has 136 valence electrons. The molecule has 0 radical (unpaired) electrons. The molecule has 0 saturated heterocycles. The highest BCUT2D eigenvalue weighted by Crippen LogP contribution is 2.30. The van der Waals surface area contributed by atoms with Crippen molar-refractivity contribution in [2.75, 3.05) is 6.26 Å². The van der Waals surface area contributed by atoms with E-state index in [1.807, 2.05) is 48.5 Å². The predicted molar refractivity (Wildman–Crippen MR) is 104 cm³/mol. The van der Waals surface area contributed by atoms with Crippen molar-refractivity contribution < 1.29 is 8.42 Å². The first-order chi connectivity index (χ1) is 12.9. The fourth-order valence-corrected chi connectivity index (χ4v) is 4.44. The normalized spacial score (nSPS) is 11.8. The Labute approximate surface area is 159 Å². The second kappa shape index (κ2) is 7.26. The van der Waals surface area contributed by atoms with Gasteiger partial charge in [-0.2, -0.15) is 10.5 Å². The average molecular weight is 377 g/mol. The van der Waals surface area contributed by atoms with E-state index in [9.17, 15) is 18.9 Å². The van der Waals surface area contributed by atoms with Crippen LogP contribution < -0.4 is 0 Å². The Kier molecular flexibility index (Phi) is 5.03. The zero-order valence-corrected chi connectivity index (χ0v) is 15.8. The molecule has 2 aromatic carbocycles. The highest BCUT2D eigenvalue weighted by atomic mass is 32.2. The number of nitrogens with zero attached hydrogens (tertiary/aromatic N) is 3. The maximum absolute atomic E-state index is 12.3. The Morgan fingerprint density at radius 3 is 2.26 bits per heavy atom. The number of aryl methyl sites for hydroxylation is 1. The first-order valence-electron chi connectivity index (χ1n) is 8.55. The molecule has 3 aromatic rings. The number of para-hydroxylation sites is 1. The molecule has 5 nitrogen and oxygen atoms in total. The molecule has 27 heavy (non-hydrogen) atoms. The van der Waals surface area contributed by atoms with Crippen LogP contribution in [-0.2, 0) is 22.9 Å². The molecule has 0 fully saturated rings. The number of hydrogen-bond donors (Lipinski definition) is 0. The zero-order valence-electron chi connectivity index (χ0n) is 15.0. The summed E-state index contributed by atoms with van der Waals surface area (Å²) in [6, 6.07) is 22.8. The van der Waals surface area contributed by atoms with Gasteiger partial charge < -0.3 is 0 Å². The van der Waals surface area contributed by atoms with Gasteiger partial charge in [-0.1, -0.05) is 48.5 Å². The standard InChI is InChI=1S/C21H19N3O2S/c1-27(25,26)24-19(13-18-9-5-6-10-20(18)24)11-12-21(15-22,16-23)14-17-7-3-2-4-8-17/h2-10,13H,11-12,14H2,1H3. The summed E-state index contributed by atoms with van der Waals surface area (Å²) in [6.07, 6.45) is 2.03. The topological polar surface area (TPSA) is 86.7 Å². The van der Waals surface area contributed by atoms with Crippen molar-refractivity contribution in [2.45, 2.75) is 19.3 Å². The van der Waals surface area contributed by atoms with Gasteiger partial charge in [0.15, 0.2) is 0 Å². The Hall–Kier alpha value is -3.09. The number of hydrogen-bond acceptors (Lipinski definition) is 4. The molecule has 3 rings (SSSR count). The maximum atomic E-state index is 12.3. The molecule has 0 aliphatic rings. The zero-order chi connectivity index (χ0) is 19.5. The quantitative estimate of drug-likeness (QED) is 0.656. The summed E-state index contributed by atoms with van der Waals surface area (Å²) in [5.74, 6) is 0. The first-order valence-corrected chi connectivity index (χ1v) is 10.4. The van der Waals surface area contributed by atoms with Gasteiger partial charge in [0.25, 0.3) is 0 Å². The molecular formula is C21H19N3O2S. The fourth-order valence-electron chi connectivity index (χ4n) is 3.34. The molecule has 1 heterocycles. The van der Waals surface area contributed by atoms with Crippen LogP contribution in [0.3, 0.4) is 0 Å². The Balaban J connectivity index is 1.95. The SMILES string of the molecule is CS(=O)(=O)n1c(CCC(C#N)(C#N)Cc2ccccc2)cc2ccccc21. The molecule has 0 unspecified atom stereocenters. The van der Waals surface area contributed by atoms with Crippen LogP contribution in [0.2, 0.25) is 0 Å². The van der Waals surface area contributed by atoms with Gasteiger partial charge in [0.1, 0.15) is 5.41 Å². The average Bonchev–Trinajstić information content (AvgIpc) is 3.05. The van der Waals surface area contributed by atoms with E-state index in [0.717, 1.165) is 17.2 Å². The molecule has 0 amide bonds. The van der Waals surface area contributed by atoms with Crippen LogP contribution in [0.5, 0.6) is 0 Å². The van der Waals surface area contributed by atoms with Crippen LogP contribution in [0.15, 0.2) is 60.7 Å². The summed E-state index contributed by atoms with van der Waals surface area (Å²) < 4.78 is 25.9. The number of rotatable bonds is 6. The van der Waals surface area contributed by atoms with E-state index in [0.29, 0.717) is 24.1 Å². The first kappa shape index (κ1) is 18.7. The van der Waals surface area contributed by atoms with E-state index in [1.165, 1.54) is 3.97 Å². The van der Waals surface area contributed by atoms with Gasteiger partial charge in [0, 0.05) is 17.5 Å². The molecule has 0 saturated carbocycles. The predicted octanol–water partition coefficient (Wildman–Crippen LogP) is 3.66. The molecule has 0 aliphatic heterocycles. The van der Waals surface area contributed by atoms with Crippen LogP contribution in [0.25, 0.3) is 10.9 Å². The second-order valence-corrected chi connectivity index (χ2v) is 8.52. The number of nitriles is 2. The van der Waals surface area contributed by atoms with Gasteiger partial charge in [-0.05, 0) is 30.5 Å². The van der Waals surface area contributed by atoms with Gasteiger partial charge in [-0.3, -0.25) is 0 Å². The molecule has 0 bridgehead atoms. The summed E-state index contributed by atoms with van der Waals surface area (Å²) in [5.41, 5.74) is 0.892.